The molecule has 0 amide bonds. The third-order valence-electron chi connectivity index (χ3n) is 1.97. The number of hydrogen-bond donors (Lipinski definition) is 2. The molecule has 4 nitrogen and oxygen atoms in total. The van der Waals surface area contributed by atoms with Crippen molar-refractivity contribution in [3.8, 4) is 6.07 Å². The number of hydrogen-bond acceptors (Lipinski definition) is 4. The first-order valence-corrected chi connectivity index (χ1v) is 4.23. The maximum absolute atomic E-state index is 8.67. The van der Waals surface area contributed by atoms with Crippen LogP contribution in [0, 0.1) is 11.3 Å². The van der Waals surface area contributed by atoms with E-state index < -0.39 is 0 Å². The first-order chi connectivity index (χ1) is 6.69. The zero-order valence-electron chi connectivity index (χ0n) is 8.03. The Morgan fingerprint density at radius 2 is 2.29 bits per heavy atom. The van der Waals surface area contributed by atoms with Gasteiger partial charge in [-0.05, 0) is 17.7 Å². The number of nitrogens with zero attached hydrogens (tertiary/aromatic N) is 1. The fourth-order valence-corrected chi connectivity index (χ4v) is 1.19. The van der Waals surface area contributed by atoms with Gasteiger partial charge in [-0.3, -0.25) is 0 Å². The molecule has 0 aromatic heterocycles. The molecule has 1 atom stereocenters. The molecule has 0 bridgehead atoms. The molecule has 0 heterocycles. The van der Waals surface area contributed by atoms with Gasteiger partial charge in [0.15, 0.2) is 0 Å². The SMILES string of the molecule is COCC(N)c1ccc(C#N)c(N)c1. The van der Waals surface area contributed by atoms with E-state index in [-0.39, 0.29) is 6.04 Å². The molecular formula is C10H13N3O. The summed E-state index contributed by atoms with van der Waals surface area (Å²) in [7, 11) is 1.59. The zero-order valence-corrected chi connectivity index (χ0v) is 8.03. The Hall–Kier alpha value is -1.57. The van der Waals surface area contributed by atoms with E-state index in [2.05, 4.69) is 0 Å². The van der Waals surface area contributed by atoms with Crippen LogP contribution >= 0.6 is 0 Å². The molecule has 1 rings (SSSR count). The average molecular weight is 191 g/mol. The van der Waals surface area contributed by atoms with Crippen LogP contribution in [0.2, 0.25) is 0 Å². The number of nitrogen functional groups attached to an aromatic ring is 1. The van der Waals surface area contributed by atoms with Crippen molar-refractivity contribution >= 4 is 5.69 Å². The number of nitriles is 1. The van der Waals surface area contributed by atoms with Crippen molar-refractivity contribution in [1.29, 1.82) is 5.26 Å². The van der Waals surface area contributed by atoms with Crippen molar-refractivity contribution in [2.24, 2.45) is 5.73 Å². The van der Waals surface area contributed by atoms with Gasteiger partial charge in [-0.15, -0.1) is 0 Å². The highest BCUT2D eigenvalue weighted by molar-refractivity contribution is 5.55. The monoisotopic (exact) mass is 191 g/mol. The molecule has 4 heteroatoms. The lowest BCUT2D eigenvalue weighted by Crippen LogP contribution is -2.16. The summed E-state index contributed by atoms with van der Waals surface area (Å²) in [6, 6.07) is 6.96. The minimum atomic E-state index is -0.199. The highest BCUT2D eigenvalue weighted by atomic mass is 16.5. The summed E-state index contributed by atoms with van der Waals surface area (Å²) in [5, 5.41) is 8.67. The van der Waals surface area contributed by atoms with Crippen molar-refractivity contribution in [2.75, 3.05) is 19.5 Å². The van der Waals surface area contributed by atoms with Crippen LogP contribution in [0.4, 0.5) is 5.69 Å². The predicted molar refractivity (Wildman–Crippen MR) is 54.4 cm³/mol. The molecule has 1 unspecified atom stereocenters. The molecule has 0 fully saturated rings. The Morgan fingerprint density at radius 1 is 1.57 bits per heavy atom. The zero-order chi connectivity index (χ0) is 10.6. The molecule has 0 aliphatic carbocycles. The Balaban J connectivity index is 2.92. The van der Waals surface area contributed by atoms with E-state index in [0.29, 0.717) is 17.9 Å². The third-order valence-corrected chi connectivity index (χ3v) is 1.97. The van der Waals surface area contributed by atoms with Crippen LogP contribution in [0.5, 0.6) is 0 Å². The van der Waals surface area contributed by atoms with Crippen LogP contribution in [0.3, 0.4) is 0 Å². The maximum atomic E-state index is 8.67. The molecular weight excluding hydrogens is 178 g/mol. The largest absolute Gasteiger partial charge is 0.398 e. The minimum absolute atomic E-state index is 0.199. The van der Waals surface area contributed by atoms with Crippen molar-refractivity contribution in [2.45, 2.75) is 6.04 Å². The van der Waals surface area contributed by atoms with E-state index in [1.807, 2.05) is 6.07 Å². The molecule has 0 aliphatic heterocycles. The first kappa shape index (κ1) is 10.5. The Morgan fingerprint density at radius 3 is 2.79 bits per heavy atom. The summed E-state index contributed by atoms with van der Waals surface area (Å²) in [5.74, 6) is 0. The van der Waals surface area contributed by atoms with Crippen LogP contribution in [-0.2, 0) is 4.74 Å². The van der Waals surface area contributed by atoms with Gasteiger partial charge in [-0.1, -0.05) is 6.07 Å². The lowest BCUT2D eigenvalue weighted by Gasteiger charge is -2.11. The minimum Gasteiger partial charge on any atom is -0.398 e. The summed E-state index contributed by atoms with van der Waals surface area (Å²) in [6.45, 7) is 0.436. The van der Waals surface area contributed by atoms with Gasteiger partial charge in [-0.25, -0.2) is 0 Å². The van der Waals surface area contributed by atoms with E-state index in [0.717, 1.165) is 5.56 Å². The Bertz CT molecular complexity index is 357. The van der Waals surface area contributed by atoms with Gasteiger partial charge in [0.1, 0.15) is 6.07 Å². The van der Waals surface area contributed by atoms with Gasteiger partial charge in [0.2, 0.25) is 0 Å². The van der Waals surface area contributed by atoms with E-state index in [9.17, 15) is 0 Å². The van der Waals surface area contributed by atoms with Crippen molar-refractivity contribution in [1.82, 2.24) is 0 Å². The number of ether oxygens (including phenoxy) is 1. The molecule has 4 N–H and O–H groups in total. The van der Waals surface area contributed by atoms with Gasteiger partial charge in [0.05, 0.1) is 18.2 Å². The molecule has 74 valence electrons. The van der Waals surface area contributed by atoms with Crippen molar-refractivity contribution in [3.05, 3.63) is 29.3 Å². The van der Waals surface area contributed by atoms with Crippen LogP contribution in [0.1, 0.15) is 17.2 Å². The van der Waals surface area contributed by atoms with Gasteiger partial charge in [0.25, 0.3) is 0 Å². The average Bonchev–Trinajstić information content (AvgIpc) is 2.18. The van der Waals surface area contributed by atoms with Crippen molar-refractivity contribution < 1.29 is 4.74 Å². The smallest absolute Gasteiger partial charge is 0.101 e. The maximum Gasteiger partial charge on any atom is 0.101 e. The van der Waals surface area contributed by atoms with Crippen LogP contribution in [0.25, 0.3) is 0 Å². The van der Waals surface area contributed by atoms with E-state index >= 15 is 0 Å². The third kappa shape index (κ3) is 2.22. The quantitative estimate of drug-likeness (QED) is 0.691. The summed E-state index contributed by atoms with van der Waals surface area (Å²) >= 11 is 0. The lowest BCUT2D eigenvalue weighted by molar-refractivity contribution is 0.181. The number of rotatable bonds is 3. The van der Waals surface area contributed by atoms with Gasteiger partial charge in [0, 0.05) is 12.8 Å². The van der Waals surface area contributed by atoms with Gasteiger partial charge in [-0.2, -0.15) is 5.26 Å². The fourth-order valence-electron chi connectivity index (χ4n) is 1.19. The summed E-state index contributed by atoms with van der Waals surface area (Å²) in [4.78, 5) is 0. The topological polar surface area (TPSA) is 85.1 Å². The van der Waals surface area contributed by atoms with E-state index in [4.69, 9.17) is 21.5 Å². The number of anilines is 1. The van der Waals surface area contributed by atoms with Gasteiger partial charge < -0.3 is 16.2 Å². The number of benzene rings is 1. The van der Waals surface area contributed by atoms with E-state index in [1.54, 1.807) is 25.3 Å². The highest BCUT2D eigenvalue weighted by Crippen LogP contribution is 2.17. The number of methoxy groups -OCH3 is 1. The van der Waals surface area contributed by atoms with Crippen LogP contribution < -0.4 is 11.5 Å². The molecule has 0 spiro atoms. The van der Waals surface area contributed by atoms with Gasteiger partial charge >= 0.3 is 0 Å². The Labute approximate surface area is 83.1 Å². The molecule has 0 aliphatic rings. The molecule has 1 aromatic carbocycles. The fraction of sp³-hybridized carbons (Fsp3) is 0.300. The lowest BCUT2D eigenvalue weighted by atomic mass is 10.0. The molecule has 14 heavy (non-hydrogen) atoms. The molecule has 1 aromatic rings. The van der Waals surface area contributed by atoms with Crippen LogP contribution in [0.15, 0.2) is 18.2 Å². The molecule has 0 saturated carbocycles. The highest BCUT2D eigenvalue weighted by Gasteiger charge is 2.07. The first-order valence-electron chi connectivity index (χ1n) is 4.23. The van der Waals surface area contributed by atoms with E-state index in [1.165, 1.54) is 0 Å². The second-order valence-corrected chi connectivity index (χ2v) is 3.02. The standard InChI is InChI=1S/C10H13N3O/c1-14-6-10(13)7-2-3-8(5-11)9(12)4-7/h2-4,10H,6,12-13H2,1H3. The second-order valence-electron chi connectivity index (χ2n) is 3.02. The molecule has 0 saturated heterocycles. The Kier molecular flexibility index (Phi) is 3.46. The summed E-state index contributed by atoms with van der Waals surface area (Å²) < 4.78 is 4.92. The van der Waals surface area contributed by atoms with Crippen molar-refractivity contribution in [3.63, 3.8) is 0 Å². The summed E-state index contributed by atoms with van der Waals surface area (Å²) in [5.41, 5.74) is 13.3. The number of nitrogens with two attached hydrogens (primary N) is 2. The van der Waals surface area contributed by atoms with Crippen LogP contribution in [-0.4, -0.2) is 13.7 Å². The summed E-state index contributed by atoms with van der Waals surface area (Å²) in [6.07, 6.45) is 0. The molecule has 0 radical (unpaired) electrons. The normalized spacial score (nSPS) is 12.1. The second kappa shape index (κ2) is 4.61. The predicted octanol–water partition coefficient (Wildman–Crippen LogP) is 0.787.